The van der Waals surface area contributed by atoms with E-state index in [1.165, 1.54) is 37.1 Å². The molecule has 0 spiro atoms. The van der Waals surface area contributed by atoms with E-state index in [1.807, 2.05) is 12.4 Å². The fourth-order valence-corrected chi connectivity index (χ4v) is 3.60. The molecule has 1 aromatic heterocycles. The first-order valence-electron chi connectivity index (χ1n) is 10.4. The molecule has 7 heteroatoms. The highest BCUT2D eigenvalue weighted by atomic mass is 127. The number of guanidine groups is 1. The maximum absolute atomic E-state index is 4.46. The highest BCUT2D eigenvalue weighted by molar-refractivity contribution is 14.0. The van der Waals surface area contributed by atoms with Gasteiger partial charge in [-0.3, -0.25) is 9.89 Å². The van der Waals surface area contributed by atoms with Crippen LogP contribution in [0.5, 0.6) is 0 Å². The summed E-state index contributed by atoms with van der Waals surface area (Å²) in [4.78, 5) is 11.3. The van der Waals surface area contributed by atoms with Gasteiger partial charge in [-0.25, -0.2) is 4.98 Å². The molecule has 6 nitrogen and oxygen atoms in total. The fourth-order valence-electron chi connectivity index (χ4n) is 3.60. The van der Waals surface area contributed by atoms with Crippen LogP contribution in [0.3, 0.4) is 0 Å². The van der Waals surface area contributed by atoms with Crippen LogP contribution in [0, 0.1) is 5.92 Å². The van der Waals surface area contributed by atoms with Crippen molar-refractivity contribution in [1.29, 1.82) is 0 Å². The van der Waals surface area contributed by atoms with E-state index in [2.05, 4.69) is 68.2 Å². The Morgan fingerprint density at radius 1 is 1.07 bits per heavy atom. The van der Waals surface area contributed by atoms with Gasteiger partial charge in [-0.1, -0.05) is 38.1 Å². The Labute approximate surface area is 192 Å². The molecular formula is C22H35IN6. The minimum atomic E-state index is 0. The first-order valence-corrected chi connectivity index (χ1v) is 10.4. The molecule has 0 aliphatic carbocycles. The number of benzene rings is 1. The first kappa shape index (κ1) is 23.7. The van der Waals surface area contributed by atoms with Crippen LogP contribution in [-0.2, 0) is 26.2 Å². The molecule has 0 atom stereocenters. The Morgan fingerprint density at radius 3 is 2.38 bits per heavy atom. The maximum atomic E-state index is 4.46. The van der Waals surface area contributed by atoms with Gasteiger partial charge < -0.3 is 15.2 Å². The number of aromatic nitrogens is 2. The summed E-state index contributed by atoms with van der Waals surface area (Å²) in [6.45, 7) is 10.4. The van der Waals surface area contributed by atoms with E-state index >= 15 is 0 Å². The Bertz CT molecular complexity index is 747. The molecule has 0 saturated carbocycles. The number of nitrogens with one attached hydrogen (secondary N) is 2. The van der Waals surface area contributed by atoms with Crippen molar-refractivity contribution in [3.05, 3.63) is 53.6 Å². The zero-order chi connectivity index (χ0) is 19.8. The van der Waals surface area contributed by atoms with Crippen LogP contribution >= 0.6 is 24.0 Å². The van der Waals surface area contributed by atoms with Crippen LogP contribution < -0.4 is 10.6 Å². The summed E-state index contributed by atoms with van der Waals surface area (Å²) in [5.41, 5.74) is 2.65. The van der Waals surface area contributed by atoms with Crippen molar-refractivity contribution < 1.29 is 0 Å². The fraction of sp³-hybridized carbons (Fsp3) is 0.545. The van der Waals surface area contributed by atoms with Gasteiger partial charge in [0.25, 0.3) is 0 Å². The van der Waals surface area contributed by atoms with E-state index in [0.717, 1.165) is 31.4 Å². The van der Waals surface area contributed by atoms with E-state index < -0.39 is 0 Å². The molecule has 2 heterocycles. The van der Waals surface area contributed by atoms with Crippen molar-refractivity contribution in [3.8, 4) is 0 Å². The van der Waals surface area contributed by atoms with Gasteiger partial charge in [-0.05, 0) is 43.0 Å². The molecule has 2 N–H and O–H groups in total. The normalized spacial score (nSPS) is 14.8. The summed E-state index contributed by atoms with van der Waals surface area (Å²) in [6.07, 6.45) is 6.58. The zero-order valence-electron chi connectivity index (χ0n) is 17.9. The molecule has 1 aromatic carbocycles. The number of nitrogens with zero attached hydrogens (tertiary/aromatic N) is 4. The van der Waals surface area contributed by atoms with E-state index in [4.69, 9.17) is 0 Å². The Kier molecular flexibility index (Phi) is 9.93. The Morgan fingerprint density at radius 2 is 1.72 bits per heavy atom. The van der Waals surface area contributed by atoms with Crippen LogP contribution in [0.2, 0.25) is 0 Å². The predicted molar refractivity (Wildman–Crippen MR) is 130 cm³/mol. The number of imidazole rings is 1. The van der Waals surface area contributed by atoms with Gasteiger partial charge in [-0.15, -0.1) is 24.0 Å². The number of hydrogen-bond donors (Lipinski definition) is 2. The Balaban J connectivity index is 0.00000300. The summed E-state index contributed by atoms with van der Waals surface area (Å²) in [7, 11) is 1.80. The number of halogens is 1. The average Bonchev–Trinajstić information content (AvgIpc) is 3.35. The zero-order valence-corrected chi connectivity index (χ0v) is 20.2. The molecule has 1 aliphatic heterocycles. The number of likely N-dealkylation sites (tertiary alicyclic amines) is 1. The third-order valence-corrected chi connectivity index (χ3v) is 5.09. The van der Waals surface area contributed by atoms with Gasteiger partial charge in [0.1, 0.15) is 5.82 Å². The predicted octanol–water partition coefficient (Wildman–Crippen LogP) is 3.62. The standard InChI is InChI=1S/C22H34N6.HI/c1-18(2)16-28-13-10-24-21(28)15-26-22(23-3)25-14-19-6-8-20(9-7-19)17-27-11-4-5-12-27;/h6-10,13,18H,4-5,11-12,14-17H2,1-3H3,(H2,23,25,26);1H. The molecule has 29 heavy (non-hydrogen) atoms. The van der Waals surface area contributed by atoms with Gasteiger partial charge in [0.15, 0.2) is 5.96 Å². The van der Waals surface area contributed by atoms with Gasteiger partial charge in [-0.2, -0.15) is 0 Å². The van der Waals surface area contributed by atoms with E-state index in [-0.39, 0.29) is 24.0 Å². The topological polar surface area (TPSA) is 57.5 Å². The first-order chi connectivity index (χ1) is 13.6. The molecule has 1 aliphatic rings. The lowest BCUT2D eigenvalue weighted by molar-refractivity contribution is 0.331. The monoisotopic (exact) mass is 510 g/mol. The summed E-state index contributed by atoms with van der Waals surface area (Å²) in [6, 6.07) is 8.91. The second-order valence-corrected chi connectivity index (χ2v) is 7.97. The molecule has 0 radical (unpaired) electrons. The quantitative estimate of drug-likeness (QED) is 0.324. The molecule has 2 aromatic rings. The number of aliphatic imine (C=N–C) groups is 1. The highest BCUT2D eigenvalue weighted by Gasteiger charge is 2.11. The van der Waals surface area contributed by atoms with E-state index in [0.29, 0.717) is 12.5 Å². The van der Waals surface area contributed by atoms with Gasteiger partial charge in [0, 0.05) is 39.1 Å². The lowest BCUT2D eigenvalue weighted by atomic mass is 10.1. The van der Waals surface area contributed by atoms with E-state index in [1.54, 1.807) is 7.05 Å². The smallest absolute Gasteiger partial charge is 0.191 e. The molecule has 160 valence electrons. The third kappa shape index (κ3) is 7.62. The lowest BCUT2D eigenvalue weighted by Gasteiger charge is -2.15. The van der Waals surface area contributed by atoms with Crippen LogP contribution in [-0.4, -0.2) is 40.5 Å². The molecule has 1 fully saturated rings. The molecule has 0 bridgehead atoms. The van der Waals surface area contributed by atoms with Crippen LogP contribution in [0.25, 0.3) is 0 Å². The maximum Gasteiger partial charge on any atom is 0.191 e. The minimum Gasteiger partial charge on any atom is -0.352 e. The molecule has 1 saturated heterocycles. The minimum absolute atomic E-state index is 0. The summed E-state index contributed by atoms with van der Waals surface area (Å²) >= 11 is 0. The van der Waals surface area contributed by atoms with Crippen molar-refractivity contribution >= 4 is 29.9 Å². The van der Waals surface area contributed by atoms with Crippen molar-refractivity contribution in [3.63, 3.8) is 0 Å². The van der Waals surface area contributed by atoms with Crippen LogP contribution in [0.4, 0.5) is 0 Å². The van der Waals surface area contributed by atoms with Crippen LogP contribution in [0.1, 0.15) is 43.6 Å². The van der Waals surface area contributed by atoms with Crippen molar-refractivity contribution in [2.45, 2.75) is 52.9 Å². The largest absolute Gasteiger partial charge is 0.352 e. The van der Waals surface area contributed by atoms with E-state index in [9.17, 15) is 0 Å². The number of hydrogen-bond acceptors (Lipinski definition) is 3. The van der Waals surface area contributed by atoms with Crippen molar-refractivity contribution in [1.82, 2.24) is 25.1 Å². The molecule has 0 unspecified atom stereocenters. The summed E-state index contributed by atoms with van der Waals surface area (Å²) in [5, 5.41) is 6.76. The van der Waals surface area contributed by atoms with Crippen molar-refractivity contribution in [2.75, 3.05) is 20.1 Å². The van der Waals surface area contributed by atoms with Gasteiger partial charge in [0.05, 0.1) is 6.54 Å². The number of rotatable bonds is 8. The summed E-state index contributed by atoms with van der Waals surface area (Å²) in [5.74, 6) is 2.42. The summed E-state index contributed by atoms with van der Waals surface area (Å²) < 4.78 is 2.20. The highest BCUT2D eigenvalue weighted by Crippen LogP contribution is 2.13. The van der Waals surface area contributed by atoms with Crippen LogP contribution in [0.15, 0.2) is 41.7 Å². The lowest BCUT2D eigenvalue weighted by Crippen LogP contribution is -2.37. The SMILES string of the molecule is CN=C(NCc1ccc(CN2CCCC2)cc1)NCc1nccn1CC(C)C.I. The molecule has 0 amide bonds. The molecular weight excluding hydrogens is 475 g/mol. The third-order valence-electron chi connectivity index (χ3n) is 5.09. The van der Waals surface area contributed by atoms with Gasteiger partial charge >= 0.3 is 0 Å². The van der Waals surface area contributed by atoms with Gasteiger partial charge in [0.2, 0.25) is 0 Å². The molecule has 3 rings (SSSR count). The average molecular weight is 510 g/mol. The second kappa shape index (κ2) is 12.2. The van der Waals surface area contributed by atoms with Crippen molar-refractivity contribution in [2.24, 2.45) is 10.9 Å². The Hall–Kier alpha value is -1.61. The second-order valence-electron chi connectivity index (χ2n) is 7.97.